The van der Waals surface area contributed by atoms with Crippen molar-refractivity contribution in [2.75, 3.05) is 11.9 Å². The first-order chi connectivity index (χ1) is 10.1. The number of hydrogen-bond acceptors (Lipinski definition) is 2. The van der Waals surface area contributed by atoms with Crippen molar-refractivity contribution in [3.8, 4) is 5.75 Å². The van der Waals surface area contributed by atoms with Crippen LogP contribution in [0.1, 0.15) is 24.4 Å². The molecule has 1 aliphatic rings. The van der Waals surface area contributed by atoms with E-state index in [1.807, 2.05) is 12.1 Å². The summed E-state index contributed by atoms with van der Waals surface area (Å²) in [7, 11) is 0. The van der Waals surface area contributed by atoms with Crippen LogP contribution in [0.5, 0.6) is 5.75 Å². The van der Waals surface area contributed by atoms with E-state index < -0.39 is 0 Å². The summed E-state index contributed by atoms with van der Waals surface area (Å²) < 4.78 is 20.6. The van der Waals surface area contributed by atoms with E-state index in [2.05, 4.69) is 43.2 Å². The summed E-state index contributed by atoms with van der Waals surface area (Å²) in [5.74, 6) is 0.648. The quantitative estimate of drug-likeness (QED) is 0.682. The van der Waals surface area contributed by atoms with Crippen LogP contribution in [0.25, 0.3) is 0 Å². The van der Waals surface area contributed by atoms with Crippen molar-refractivity contribution in [2.45, 2.75) is 18.9 Å². The third-order valence-electron chi connectivity index (χ3n) is 3.51. The maximum atomic E-state index is 13.3. The molecule has 0 fully saturated rings. The molecule has 3 rings (SSSR count). The fraction of sp³-hybridized carbons (Fsp3) is 0.250. The van der Waals surface area contributed by atoms with Gasteiger partial charge in [0.1, 0.15) is 11.6 Å². The van der Waals surface area contributed by atoms with E-state index >= 15 is 0 Å². The largest absolute Gasteiger partial charge is 0.493 e. The summed E-state index contributed by atoms with van der Waals surface area (Å²) in [4.78, 5) is 0. The van der Waals surface area contributed by atoms with Crippen molar-refractivity contribution in [2.24, 2.45) is 0 Å². The van der Waals surface area contributed by atoms with E-state index in [0.29, 0.717) is 4.47 Å². The van der Waals surface area contributed by atoms with E-state index in [-0.39, 0.29) is 11.9 Å². The number of benzene rings is 2. The number of anilines is 1. The first kappa shape index (κ1) is 14.9. The lowest BCUT2D eigenvalue weighted by Gasteiger charge is -2.20. The predicted octanol–water partition coefficient (Wildman–Crippen LogP) is 5.68. The van der Waals surface area contributed by atoms with Crippen LogP contribution in [-0.4, -0.2) is 6.61 Å². The average molecular weight is 415 g/mol. The average Bonchev–Trinajstić information content (AvgIpc) is 2.65. The molecule has 2 aromatic carbocycles. The monoisotopic (exact) mass is 413 g/mol. The van der Waals surface area contributed by atoms with Crippen molar-refractivity contribution in [3.63, 3.8) is 0 Å². The van der Waals surface area contributed by atoms with Crippen molar-refractivity contribution in [3.05, 3.63) is 56.7 Å². The molecule has 0 aliphatic carbocycles. The van der Waals surface area contributed by atoms with Gasteiger partial charge in [-0.1, -0.05) is 22.0 Å². The molecule has 0 amide bonds. The fourth-order valence-corrected chi connectivity index (χ4v) is 3.20. The summed E-state index contributed by atoms with van der Waals surface area (Å²) in [6.07, 6.45) is 1.95. The Hall–Kier alpha value is -1.07. The lowest BCUT2D eigenvalue weighted by Crippen LogP contribution is -2.10. The van der Waals surface area contributed by atoms with Crippen LogP contribution in [0.4, 0.5) is 10.1 Å². The molecule has 0 spiro atoms. The van der Waals surface area contributed by atoms with E-state index in [1.54, 1.807) is 12.1 Å². The van der Waals surface area contributed by atoms with Gasteiger partial charge in [-0.2, -0.15) is 0 Å². The van der Waals surface area contributed by atoms with E-state index in [0.717, 1.165) is 40.9 Å². The highest BCUT2D eigenvalue weighted by molar-refractivity contribution is 9.10. The Kier molecular flexibility index (Phi) is 4.50. The van der Waals surface area contributed by atoms with Gasteiger partial charge >= 0.3 is 0 Å². The molecule has 1 N–H and O–H groups in total. The minimum atomic E-state index is -0.255. The van der Waals surface area contributed by atoms with E-state index in [9.17, 15) is 4.39 Å². The van der Waals surface area contributed by atoms with Crippen LogP contribution in [0.3, 0.4) is 0 Å². The SMILES string of the molecule is Fc1ccc(NC2CCCOc3cc(Br)ccc32)cc1Br. The van der Waals surface area contributed by atoms with Gasteiger partial charge in [0.2, 0.25) is 0 Å². The Bertz CT molecular complexity index is 663. The molecular weight excluding hydrogens is 401 g/mol. The van der Waals surface area contributed by atoms with Crippen LogP contribution >= 0.6 is 31.9 Å². The zero-order valence-corrected chi connectivity index (χ0v) is 14.4. The van der Waals surface area contributed by atoms with Gasteiger partial charge < -0.3 is 10.1 Å². The number of nitrogens with one attached hydrogen (secondary N) is 1. The molecule has 0 aromatic heterocycles. The van der Waals surface area contributed by atoms with Gasteiger partial charge in [-0.05, 0) is 59.1 Å². The van der Waals surface area contributed by atoms with Crippen molar-refractivity contribution >= 4 is 37.5 Å². The Balaban J connectivity index is 1.90. The molecule has 1 atom stereocenters. The van der Waals surface area contributed by atoms with Crippen LogP contribution in [0.15, 0.2) is 45.3 Å². The summed E-state index contributed by atoms with van der Waals surface area (Å²) in [6, 6.07) is 11.2. The molecule has 5 heteroatoms. The minimum Gasteiger partial charge on any atom is -0.493 e. The van der Waals surface area contributed by atoms with Crippen molar-refractivity contribution < 1.29 is 9.13 Å². The van der Waals surface area contributed by atoms with Crippen molar-refractivity contribution in [1.82, 2.24) is 0 Å². The highest BCUT2D eigenvalue weighted by Crippen LogP contribution is 2.36. The molecule has 21 heavy (non-hydrogen) atoms. The van der Waals surface area contributed by atoms with E-state index in [1.165, 1.54) is 6.07 Å². The second-order valence-electron chi connectivity index (χ2n) is 5.00. The summed E-state index contributed by atoms with van der Waals surface area (Å²) in [5, 5.41) is 3.47. The molecule has 0 saturated carbocycles. The molecule has 2 aromatic rings. The predicted molar refractivity (Wildman–Crippen MR) is 89.3 cm³/mol. The van der Waals surface area contributed by atoms with Gasteiger partial charge in [0.05, 0.1) is 17.1 Å². The third-order valence-corrected chi connectivity index (χ3v) is 4.61. The Morgan fingerprint density at radius 3 is 2.81 bits per heavy atom. The first-order valence-electron chi connectivity index (χ1n) is 6.77. The topological polar surface area (TPSA) is 21.3 Å². The molecule has 0 saturated heterocycles. The van der Waals surface area contributed by atoms with Crippen LogP contribution < -0.4 is 10.1 Å². The van der Waals surface area contributed by atoms with Crippen LogP contribution in [0, 0.1) is 5.82 Å². The zero-order valence-electron chi connectivity index (χ0n) is 11.2. The molecule has 1 heterocycles. The lowest BCUT2D eigenvalue weighted by atomic mass is 10.0. The second kappa shape index (κ2) is 6.36. The summed E-state index contributed by atoms with van der Waals surface area (Å²) >= 11 is 6.69. The second-order valence-corrected chi connectivity index (χ2v) is 6.77. The minimum absolute atomic E-state index is 0.160. The number of rotatable bonds is 2. The molecule has 2 nitrogen and oxygen atoms in total. The number of ether oxygens (including phenoxy) is 1. The molecule has 0 radical (unpaired) electrons. The van der Waals surface area contributed by atoms with Crippen LogP contribution in [-0.2, 0) is 0 Å². The smallest absolute Gasteiger partial charge is 0.137 e. The Labute approximate surface area is 140 Å². The normalized spacial score (nSPS) is 17.6. The number of fused-ring (bicyclic) bond motifs is 1. The van der Waals surface area contributed by atoms with Gasteiger partial charge in [-0.25, -0.2) is 4.39 Å². The van der Waals surface area contributed by atoms with Gasteiger partial charge in [-0.15, -0.1) is 0 Å². The van der Waals surface area contributed by atoms with Crippen LogP contribution in [0.2, 0.25) is 0 Å². The summed E-state index contributed by atoms with van der Waals surface area (Å²) in [5.41, 5.74) is 2.03. The number of halogens is 3. The van der Waals surface area contributed by atoms with Gasteiger partial charge in [0, 0.05) is 15.7 Å². The molecule has 110 valence electrons. The van der Waals surface area contributed by atoms with Gasteiger partial charge in [0.15, 0.2) is 0 Å². The molecule has 0 bridgehead atoms. The standard InChI is InChI=1S/C16H14Br2FNO/c17-10-3-5-12-15(2-1-7-21-16(12)8-10)20-11-4-6-14(19)13(18)9-11/h3-6,8-9,15,20H,1-2,7H2. The Morgan fingerprint density at radius 1 is 1.14 bits per heavy atom. The third kappa shape index (κ3) is 3.40. The maximum Gasteiger partial charge on any atom is 0.137 e. The number of hydrogen-bond donors (Lipinski definition) is 1. The summed E-state index contributed by atoms with van der Waals surface area (Å²) in [6.45, 7) is 0.717. The lowest BCUT2D eigenvalue weighted by molar-refractivity contribution is 0.316. The fourth-order valence-electron chi connectivity index (χ4n) is 2.48. The Morgan fingerprint density at radius 2 is 2.00 bits per heavy atom. The highest BCUT2D eigenvalue weighted by Gasteiger charge is 2.20. The molecular formula is C16H14Br2FNO. The maximum absolute atomic E-state index is 13.3. The highest BCUT2D eigenvalue weighted by atomic mass is 79.9. The van der Waals surface area contributed by atoms with Gasteiger partial charge in [-0.3, -0.25) is 0 Å². The van der Waals surface area contributed by atoms with E-state index in [4.69, 9.17) is 4.74 Å². The molecule has 1 unspecified atom stereocenters. The van der Waals surface area contributed by atoms with Crippen molar-refractivity contribution in [1.29, 1.82) is 0 Å². The molecule has 1 aliphatic heterocycles. The first-order valence-corrected chi connectivity index (χ1v) is 8.36. The van der Waals surface area contributed by atoms with Gasteiger partial charge in [0.25, 0.3) is 0 Å². The zero-order chi connectivity index (χ0) is 14.8.